The molecule has 0 fully saturated rings. The number of pyridine rings is 1. The SMILES string of the molecule is CNc1nc(Sc2ccncn2)c(F)cc1F. The van der Waals surface area contributed by atoms with E-state index in [9.17, 15) is 8.78 Å². The van der Waals surface area contributed by atoms with Crippen molar-refractivity contribution >= 4 is 17.6 Å². The van der Waals surface area contributed by atoms with Gasteiger partial charge in [0.25, 0.3) is 0 Å². The van der Waals surface area contributed by atoms with Gasteiger partial charge < -0.3 is 5.32 Å². The van der Waals surface area contributed by atoms with Crippen molar-refractivity contribution in [2.75, 3.05) is 12.4 Å². The molecule has 2 rings (SSSR count). The molecule has 0 aliphatic rings. The highest BCUT2D eigenvalue weighted by Crippen LogP contribution is 2.28. The Kier molecular flexibility index (Phi) is 3.48. The molecule has 0 bridgehead atoms. The predicted octanol–water partition coefficient (Wildman–Crippen LogP) is 2.34. The lowest BCUT2D eigenvalue weighted by Crippen LogP contribution is -2.00. The number of hydrogen-bond acceptors (Lipinski definition) is 5. The molecule has 0 atom stereocenters. The Bertz CT molecular complexity index is 521. The molecule has 0 aliphatic heterocycles. The van der Waals surface area contributed by atoms with Gasteiger partial charge in [-0.1, -0.05) is 0 Å². The zero-order valence-corrected chi connectivity index (χ0v) is 9.63. The number of anilines is 1. The van der Waals surface area contributed by atoms with Crippen LogP contribution in [0.1, 0.15) is 0 Å². The van der Waals surface area contributed by atoms with Crippen LogP contribution in [-0.2, 0) is 0 Å². The molecule has 17 heavy (non-hydrogen) atoms. The highest BCUT2D eigenvalue weighted by Gasteiger charge is 2.12. The highest BCUT2D eigenvalue weighted by molar-refractivity contribution is 7.99. The van der Waals surface area contributed by atoms with Gasteiger partial charge in [0, 0.05) is 19.3 Å². The lowest BCUT2D eigenvalue weighted by atomic mass is 10.4. The molecule has 0 aromatic carbocycles. The molecule has 2 aromatic rings. The fraction of sp³-hybridized carbons (Fsp3) is 0.100. The third kappa shape index (κ3) is 2.68. The summed E-state index contributed by atoms with van der Waals surface area (Å²) in [7, 11) is 1.52. The van der Waals surface area contributed by atoms with Crippen LogP contribution < -0.4 is 5.32 Å². The summed E-state index contributed by atoms with van der Waals surface area (Å²) in [4.78, 5) is 11.5. The monoisotopic (exact) mass is 254 g/mol. The predicted molar refractivity (Wildman–Crippen MR) is 59.9 cm³/mol. The summed E-state index contributed by atoms with van der Waals surface area (Å²) in [5.74, 6) is -1.44. The van der Waals surface area contributed by atoms with Gasteiger partial charge in [-0.15, -0.1) is 0 Å². The number of rotatable bonds is 3. The zero-order valence-electron chi connectivity index (χ0n) is 8.82. The first kappa shape index (κ1) is 11.7. The number of aromatic nitrogens is 3. The van der Waals surface area contributed by atoms with Gasteiger partial charge in [0.1, 0.15) is 16.4 Å². The molecule has 0 saturated carbocycles. The van der Waals surface area contributed by atoms with Gasteiger partial charge in [0.2, 0.25) is 0 Å². The van der Waals surface area contributed by atoms with Crippen molar-refractivity contribution in [1.82, 2.24) is 15.0 Å². The summed E-state index contributed by atoms with van der Waals surface area (Å²) in [5, 5.41) is 3.16. The molecule has 0 saturated heterocycles. The Labute approximate surface area is 101 Å². The second-order valence-electron chi connectivity index (χ2n) is 3.01. The standard InChI is InChI=1S/C10H8F2N4S/c1-13-9-6(11)4-7(12)10(16-9)17-8-2-3-14-5-15-8/h2-5H,1H3,(H,13,16). The lowest BCUT2D eigenvalue weighted by Gasteiger charge is -2.05. The number of halogens is 2. The maximum Gasteiger partial charge on any atom is 0.168 e. The minimum atomic E-state index is -0.725. The quantitative estimate of drug-likeness (QED) is 0.852. The molecule has 0 aliphatic carbocycles. The fourth-order valence-corrected chi connectivity index (χ4v) is 1.85. The Morgan fingerprint density at radius 3 is 2.76 bits per heavy atom. The van der Waals surface area contributed by atoms with Crippen LogP contribution in [0.15, 0.2) is 34.7 Å². The molecule has 88 valence electrons. The molecule has 1 N–H and O–H groups in total. The Balaban J connectivity index is 2.33. The highest BCUT2D eigenvalue weighted by atomic mass is 32.2. The molecule has 4 nitrogen and oxygen atoms in total. The van der Waals surface area contributed by atoms with Crippen molar-refractivity contribution in [2.45, 2.75) is 10.1 Å². The van der Waals surface area contributed by atoms with Gasteiger partial charge in [-0.3, -0.25) is 0 Å². The van der Waals surface area contributed by atoms with Gasteiger partial charge in [-0.2, -0.15) is 0 Å². The molecular formula is C10H8F2N4S. The lowest BCUT2D eigenvalue weighted by molar-refractivity contribution is 0.551. The third-order valence-electron chi connectivity index (χ3n) is 1.89. The zero-order chi connectivity index (χ0) is 12.3. The molecule has 7 heteroatoms. The van der Waals surface area contributed by atoms with Crippen LogP contribution in [0, 0.1) is 11.6 Å². The van der Waals surface area contributed by atoms with E-state index in [1.807, 2.05) is 0 Å². The van der Waals surface area contributed by atoms with E-state index in [-0.39, 0.29) is 10.8 Å². The van der Waals surface area contributed by atoms with Crippen LogP contribution in [0.2, 0.25) is 0 Å². The summed E-state index contributed by atoms with van der Waals surface area (Å²) in [6.07, 6.45) is 2.89. The fourth-order valence-electron chi connectivity index (χ4n) is 1.13. The molecule has 0 spiro atoms. The maximum atomic E-state index is 13.5. The molecule has 2 heterocycles. The van der Waals surface area contributed by atoms with Gasteiger partial charge in [-0.05, 0) is 17.8 Å². The molecule has 0 radical (unpaired) electrons. The van der Waals surface area contributed by atoms with E-state index in [2.05, 4.69) is 20.3 Å². The van der Waals surface area contributed by atoms with Gasteiger partial charge in [-0.25, -0.2) is 23.7 Å². The maximum absolute atomic E-state index is 13.5. The van der Waals surface area contributed by atoms with Gasteiger partial charge in [0.05, 0.1) is 0 Å². The van der Waals surface area contributed by atoms with E-state index >= 15 is 0 Å². The number of nitrogens with one attached hydrogen (secondary N) is 1. The average Bonchev–Trinajstić information content (AvgIpc) is 2.34. The van der Waals surface area contributed by atoms with E-state index < -0.39 is 11.6 Å². The summed E-state index contributed by atoms with van der Waals surface area (Å²) in [5.41, 5.74) is 0. The van der Waals surface area contributed by atoms with Crippen molar-refractivity contribution in [1.29, 1.82) is 0 Å². The minimum Gasteiger partial charge on any atom is -0.371 e. The van der Waals surface area contributed by atoms with E-state index in [1.165, 1.54) is 19.6 Å². The summed E-state index contributed by atoms with van der Waals surface area (Å²) >= 11 is 1.01. The van der Waals surface area contributed by atoms with Crippen molar-refractivity contribution < 1.29 is 8.78 Å². The second-order valence-corrected chi connectivity index (χ2v) is 4.01. The normalized spacial score (nSPS) is 10.3. The summed E-state index contributed by atoms with van der Waals surface area (Å²) in [6, 6.07) is 2.41. The van der Waals surface area contributed by atoms with Crippen LogP contribution in [0.4, 0.5) is 14.6 Å². The van der Waals surface area contributed by atoms with E-state index in [4.69, 9.17) is 0 Å². The largest absolute Gasteiger partial charge is 0.371 e. The first-order chi connectivity index (χ1) is 8.20. The van der Waals surface area contributed by atoms with Crippen LogP contribution in [0.5, 0.6) is 0 Å². The van der Waals surface area contributed by atoms with Crippen LogP contribution >= 0.6 is 11.8 Å². The third-order valence-corrected chi connectivity index (χ3v) is 2.82. The van der Waals surface area contributed by atoms with Crippen LogP contribution in [-0.4, -0.2) is 22.0 Å². The topological polar surface area (TPSA) is 50.7 Å². The molecule has 2 aromatic heterocycles. The smallest absolute Gasteiger partial charge is 0.168 e. The van der Waals surface area contributed by atoms with Crippen molar-refractivity contribution in [3.05, 3.63) is 36.3 Å². The van der Waals surface area contributed by atoms with Crippen molar-refractivity contribution in [3.63, 3.8) is 0 Å². The number of nitrogens with zero attached hydrogens (tertiary/aromatic N) is 3. The van der Waals surface area contributed by atoms with Crippen molar-refractivity contribution in [3.8, 4) is 0 Å². The number of hydrogen-bond donors (Lipinski definition) is 1. The Morgan fingerprint density at radius 1 is 1.29 bits per heavy atom. The summed E-state index contributed by atoms with van der Waals surface area (Å²) < 4.78 is 26.6. The van der Waals surface area contributed by atoms with Gasteiger partial charge in [0.15, 0.2) is 17.5 Å². The average molecular weight is 254 g/mol. The minimum absolute atomic E-state index is 0.00274. The first-order valence-corrected chi connectivity index (χ1v) is 5.50. The van der Waals surface area contributed by atoms with Crippen LogP contribution in [0.3, 0.4) is 0 Å². The second kappa shape index (κ2) is 5.05. The van der Waals surface area contributed by atoms with E-state index in [0.717, 1.165) is 17.8 Å². The molecular weight excluding hydrogens is 246 g/mol. The first-order valence-electron chi connectivity index (χ1n) is 4.68. The van der Waals surface area contributed by atoms with E-state index in [1.54, 1.807) is 6.07 Å². The van der Waals surface area contributed by atoms with Crippen molar-refractivity contribution in [2.24, 2.45) is 0 Å². The molecule has 0 unspecified atom stereocenters. The Morgan fingerprint density at radius 2 is 2.12 bits per heavy atom. The Hall–Kier alpha value is -1.76. The van der Waals surface area contributed by atoms with Gasteiger partial charge >= 0.3 is 0 Å². The van der Waals surface area contributed by atoms with E-state index in [0.29, 0.717) is 5.03 Å². The summed E-state index contributed by atoms with van der Waals surface area (Å²) in [6.45, 7) is 0. The van der Waals surface area contributed by atoms with Crippen LogP contribution in [0.25, 0.3) is 0 Å². The molecule has 0 amide bonds.